The van der Waals surface area contributed by atoms with Crippen LogP contribution in [0, 0.1) is 0 Å². The molecule has 4 heteroatoms. The van der Waals surface area contributed by atoms with E-state index in [1.807, 2.05) is 17.5 Å². The molecule has 0 fully saturated rings. The van der Waals surface area contributed by atoms with Crippen LogP contribution in [0.25, 0.3) is 10.1 Å². The quantitative estimate of drug-likeness (QED) is 0.753. The zero-order chi connectivity index (χ0) is 9.26. The summed E-state index contributed by atoms with van der Waals surface area (Å²) in [4.78, 5) is 14.9. The predicted octanol–water partition coefficient (Wildman–Crippen LogP) is 2.25. The Kier molecular flexibility index (Phi) is 1.98. The lowest BCUT2D eigenvalue weighted by Crippen LogP contribution is -2.07. The highest BCUT2D eigenvalue weighted by Crippen LogP contribution is 2.25. The van der Waals surface area contributed by atoms with Crippen LogP contribution in [0.4, 0.5) is 5.82 Å². The first kappa shape index (κ1) is 8.19. The van der Waals surface area contributed by atoms with Crippen LogP contribution in [0.2, 0.25) is 0 Å². The highest BCUT2D eigenvalue weighted by Gasteiger charge is 2.03. The van der Waals surface area contributed by atoms with E-state index in [4.69, 9.17) is 0 Å². The second-order valence-electron chi connectivity index (χ2n) is 2.67. The SMILES string of the molecule is CC(=O)Nc1nccc2sccc12. The minimum atomic E-state index is -0.0915. The van der Waals surface area contributed by atoms with Gasteiger partial charge in [-0.1, -0.05) is 0 Å². The summed E-state index contributed by atoms with van der Waals surface area (Å²) >= 11 is 1.64. The molecule has 3 nitrogen and oxygen atoms in total. The predicted molar refractivity (Wildman–Crippen MR) is 53.9 cm³/mol. The number of anilines is 1. The second kappa shape index (κ2) is 3.14. The molecule has 0 atom stereocenters. The minimum Gasteiger partial charge on any atom is -0.310 e. The number of fused-ring (bicyclic) bond motifs is 1. The van der Waals surface area contributed by atoms with Gasteiger partial charge in [-0.15, -0.1) is 11.3 Å². The second-order valence-corrected chi connectivity index (χ2v) is 3.62. The number of amides is 1. The van der Waals surface area contributed by atoms with Crippen LogP contribution in [-0.2, 0) is 4.79 Å². The molecule has 0 saturated heterocycles. The zero-order valence-electron chi connectivity index (χ0n) is 7.07. The molecule has 0 aliphatic heterocycles. The van der Waals surface area contributed by atoms with Crippen molar-refractivity contribution < 1.29 is 4.79 Å². The van der Waals surface area contributed by atoms with E-state index in [2.05, 4.69) is 10.3 Å². The molecule has 0 spiro atoms. The Bertz CT molecular complexity index is 450. The summed E-state index contributed by atoms with van der Waals surface area (Å²) in [6.07, 6.45) is 1.70. The molecule has 0 unspecified atom stereocenters. The van der Waals surface area contributed by atoms with Gasteiger partial charge >= 0.3 is 0 Å². The first-order chi connectivity index (χ1) is 6.27. The number of carbonyl (C=O) groups excluding carboxylic acids is 1. The Morgan fingerprint density at radius 1 is 1.54 bits per heavy atom. The summed E-state index contributed by atoms with van der Waals surface area (Å²) in [6.45, 7) is 1.48. The van der Waals surface area contributed by atoms with Crippen molar-refractivity contribution >= 4 is 33.1 Å². The van der Waals surface area contributed by atoms with Gasteiger partial charge in [-0.2, -0.15) is 0 Å². The smallest absolute Gasteiger partial charge is 0.222 e. The lowest BCUT2D eigenvalue weighted by Gasteiger charge is -2.00. The highest BCUT2D eigenvalue weighted by atomic mass is 32.1. The molecule has 1 N–H and O–H groups in total. The van der Waals surface area contributed by atoms with E-state index in [1.165, 1.54) is 6.92 Å². The van der Waals surface area contributed by atoms with Crippen molar-refractivity contribution in [1.82, 2.24) is 4.98 Å². The molecule has 0 aliphatic carbocycles. The number of hydrogen-bond donors (Lipinski definition) is 1. The highest BCUT2D eigenvalue weighted by molar-refractivity contribution is 7.17. The normalized spacial score (nSPS) is 10.2. The van der Waals surface area contributed by atoms with Gasteiger partial charge in [0.05, 0.1) is 0 Å². The molecule has 2 aromatic heterocycles. The molecule has 66 valence electrons. The molecule has 0 aromatic carbocycles. The molecule has 0 bridgehead atoms. The third-order valence-corrected chi connectivity index (χ3v) is 2.56. The van der Waals surface area contributed by atoms with E-state index in [0.29, 0.717) is 5.82 Å². The van der Waals surface area contributed by atoms with Gasteiger partial charge in [0.15, 0.2) is 0 Å². The minimum absolute atomic E-state index is 0.0915. The van der Waals surface area contributed by atoms with Crippen LogP contribution in [0.5, 0.6) is 0 Å². The lowest BCUT2D eigenvalue weighted by atomic mass is 10.3. The first-order valence-corrected chi connectivity index (χ1v) is 4.75. The van der Waals surface area contributed by atoms with Gasteiger partial charge in [0, 0.05) is 23.2 Å². The average Bonchev–Trinajstić information content (AvgIpc) is 2.51. The summed E-state index contributed by atoms with van der Waals surface area (Å²) in [5.41, 5.74) is 0. The maximum atomic E-state index is 10.8. The average molecular weight is 192 g/mol. The van der Waals surface area contributed by atoms with Gasteiger partial charge in [-0.25, -0.2) is 4.98 Å². The zero-order valence-corrected chi connectivity index (χ0v) is 7.89. The van der Waals surface area contributed by atoms with Crippen LogP contribution >= 0.6 is 11.3 Å². The van der Waals surface area contributed by atoms with E-state index in [-0.39, 0.29) is 5.91 Å². The largest absolute Gasteiger partial charge is 0.310 e. The lowest BCUT2D eigenvalue weighted by molar-refractivity contribution is -0.114. The summed E-state index contributed by atoms with van der Waals surface area (Å²) in [5.74, 6) is 0.553. The number of pyridine rings is 1. The number of hydrogen-bond acceptors (Lipinski definition) is 3. The van der Waals surface area contributed by atoms with Crippen LogP contribution in [0.1, 0.15) is 6.92 Å². The summed E-state index contributed by atoms with van der Waals surface area (Å²) in [6, 6.07) is 3.89. The summed E-state index contributed by atoms with van der Waals surface area (Å²) in [5, 5.41) is 5.68. The van der Waals surface area contributed by atoms with Gasteiger partial charge in [0.25, 0.3) is 0 Å². The Morgan fingerprint density at radius 2 is 2.38 bits per heavy atom. The van der Waals surface area contributed by atoms with Crippen molar-refractivity contribution in [2.75, 3.05) is 5.32 Å². The van der Waals surface area contributed by atoms with Crippen LogP contribution in [-0.4, -0.2) is 10.9 Å². The number of nitrogens with one attached hydrogen (secondary N) is 1. The Morgan fingerprint density at radius 3 is 3.15 bits per heavy atom. The molecule has 2 aromatic rings. The van der Waals surface area contributed by atoms with Gasteiger partial charge in [0.2, 0.25) is 5.91 Å². The van der Waals surface area contributed by atoms with Crippen molar-refractivity contribution in [2.24, 2.45) is 0 Å². The molecule has 1 amide bonds. The Hall–Kier alpha value is -1.42. The van der Waals surface area contributed by atoms with Gasteiger partial charge in [-0.3, -0.25) is 4.79 Å². The van der Waals surface area contributed by atoms with Crippen molar-refractivity contribution in [3.05, 3.63) is 23.7 Å². The number of rotatable bonds is 1. The summed E-state index contributed by atoms with van der Waals surface area (Å²) in [7, 11) is 0. The first-order valence-electron chi connectivity index (χ1n) is 3.87. The van der Waals surface area contributed by atoms with E-state index in [1.54, 1.807) is 17.5 Å². The molecule has 2 rings (SSSR count). The van der Waals surface area contributed by atoms with Crippen molar-refractivity contribution in [3.8, 4) is 0 Å². The number of thiophene rings is 1. The van der Waals surface area contributed by atoms with E-state index in [9.17, 15) is 4.79 Å². The fraction of sp³-hybridized carbons (Fsp3) is 0.111. The van der Waals surface area contributed by atoms with Crippen LogP contribution < -0.4 is 5.32 Å². The number of nitrogens with zero attached hydrogens (tertiary/aromatic N) is 1. The molecular formula is C9H8N2OS. The van der Waals surface area contributed by atoms with E-state index in [0.717, 1.165) is 10.1 Å². The maximum Gasteiger partial charge on any atom is 0.222 e. The van der Waals surface area contributed by atoms with Crippen molar-refractivity contribution in [3.63, 3.8) is 0 Å². The molecule has 2 heterocycles. The molecule has 0 saturated carbocycles. The third kappa shape index (κ3) is 1.53. The summed E-state index contributed by atoms with van der Waals surface area (Å²) < 4.78 is 1.14. The third-order valence-electron chi connectivity index (χ3n) is 1.67. The van der Waals surface area contributed by atoms with Gasteiger partial charge in [0.1, 0.15) is 5.82 Å². The molecule has 0 aliphatic rings. The van der Waals surface area contributed by atoms with Crippen molar-refractivity contribution in [2.45, 2.75) is 6.92 Å². The fourth-order valence-electron chi connectivity index (χ4n) is 1.16. The number of carbonyl (C=O) groups is 1. The van der Waals surface area contributed by atoms with Crippen LogP contribution in [0.3, 0.4) is 0 Å². The van der Waals surface area contributed by atoms with Gasteiger partial charge in [-0.05, 0) is 17.5 Å². The molecule has 13 heavy (non-hydrogen) atoms. The van der Waals surface area contributed by atoms with Crippen LogP contribution in [0.15, 0.2) is 23.7 Å². The maximum absolute atomic E-state index is 10.8. The Labute approximate surface area is 79.4 Å². The molecular weight excluding hydrogens is 184 g/mol. The number of aromatic nitrogens is 1. The standard InChI is InChI=1S/C9H8N2OS/c1-6(12)11-9-7-3-5-13-8(7)2-4-10-9/h2-5H,1H3,(H,10,11,12). The molecule has 0 radical (unpaired) electrons. The van der Waals surface area contributed by atoms with Crippen molar-refractivity contribution in [1.29, 1.82) is 0 Å². The van der Waals surface area contributed by atoms with E-state index >= 15 is 0 Å². The Balaban J connectivity index is 2.54. The monoisotopic (exact) mass is 192 g/mol. The van der Waals surface area contributed by atoms with Gasteiger partial charge < -0.3 is 5.32 Å². The van der Waals surface area contributed by atoms with E-state index < -0.39 is 0 Å². The fourth-order valence-corrected chi connectivity index (χ4v) is 1.94. The topological polar surface area (TPSA) is 42.0 Å².